The Morgan fingerprint density at radius 1 is 1.05 bits per heavy atom. The van der Waals surface area contributed by atoms with Gasteiger partial charge in [-0.2, -0.15) is 0 Å². The summed E-state index contributed by atoms with van der Waals surface area (Å²) in [5.41, 5.74) is 1.43. The third-order valence-electron chi connectivity index (χ3n) is 2.90. The average molecular weight is 265 g/mol. The van der Waals surface area contributed by atoms with E-state index < -0.39 is 4.92 Å². The number of benzene rings is 1. The number of hydrogen-bond acceptors (Lipinski definition) is 6. The summed E-state index contributed by atoms with van der Waals surface area (Å²) in [7, 11) is 0. The molecule has 0 saturated carbocycles. The van der Waals surface area contributed by atoms with E-state index in [1.54, 1.807) is 23.4 Å². The molecule has 0 aliphatic carbocycles. The number of nitro benzene ring substituents is 1. The van der Waals surface area contributed by atoms with Gasteiger partial charge in [0.1, 0.15) is 0 Å². The molecular weight excluding hydrogens is 250 g/mol. The Bertz CT molecular complexity index is 504. The van der Waals surface area contributed by atoms with Crippen molar-refractivity contribution in [3.05, 3.63) is 40.7 Å². The monoisotopic (exact) mass is 265 g/mol. The van der Waals surface area contributed by atoms with Gasteiger partial charge in [0.05, 0.1) is 29.5 Å². The van der Waals surface area contributed by atoms with E-state index in [1.165, 1.54) is 12.1 Å². The van der Waals surface area contributed by atoms with Crippen molar-refractivity contribution in [2.24, 2.45) is 0 Å². The van der Waals surface area contributed by atoms with E-state index in [-0.39, 0.29) is 18.9 Å². The van der Waals surface area contributed by atoms with E-state index in [9.17, 15) is 10.1 Å². The number of non-ortho nitro benzene ring substituents is 1. The van der Waals surface area contributed by atoms with Crippen LogP contribution in [0.2, 0.25) is 0 Å². The molecule has 0 spiro atoms. The number of anilines is 2. The van der Waals surface area contributed by atoms with E-state index >= 15 is 0 Å². The molecule has 1 aromatic carbocycles. The quantitative estimate of drug-likeness (QED) is 0.601. The molecule has 0 saturated heterocycles. The van der Waals surface area contributed by atoms with Crippen LogP contribution in [0.25, 0.3) is 0 Å². The average Bonchev–Trinajstić information content (AvgIpc) is 2.41. The Morgan fingerprint density at radius 3 is 2.16 bits per heavy atom. The van der Waals surface area contributed by atoms with Crippen LogP contribution in [-0.4, -0.2) is 41.4 Å². The van der Waals surface area contributed by atoms with Crippen LogP contribution in [0.5, 0.6) is 0 Å². The fourth-order valence-electron chi connectivity index (χ4n) is 2.03. The van der Waals surface area contributed by atoms with Gasteiger partial charge in [-0.3, -0.25) is 10.1 Å². The maximum Gasteiger partial charge on any atom is 0.271 e. The molecule has 19 heavy (non-hydrogen) atoms. The Balaban J connectivity index is 2.42. The summed E-state index contributed by atoms with van der Waals surface area (Å²) < 4.78 is 0. The molecule has 1 heterocycles. The van der Waals surface area contributed by atoms with Crippen molar-refractivity contribution in [1.29, 1.82) is 0 Å². The summed E-state index contributed by atoms with van der Waals surface area (Å²) in [5, 5.41) is 28.9. The third-order valence-corrected chi connectivity index (χ3v) is 2.90. The minimum Gasteiger partial charge on any atom is -0.395 e. The highest BCUT2D eigenvalue weighted by Gasteiger charge is 2.21. The largest absolute Gasteiger partial charge is 0.395 e. The number of nitrogens with zero attached hydrogens (tertiary/aromatic N) is 3. The first-order valence-corrected chi connectivity index (χ1v) is 5.89. The first-order valence-electron chi connectivity index (χ1n) is 5.89. The summed E-state index contributed by atoms with van der Waals surface area (Å²) in [6.45, 7) is 0.707. The molecule has 1 aliphatic heterocycles. The van der Waals surface area contributed by atoms with Gasteiger partial charge < -0.3 is 20.0 Å². The zero-order valence-corrected chi connectivity index (χ0v) is 10.3. The van der Waals surface area contributed by atoms with Crippen LogP contribution in [-0.2, 0) is 0 Å². The maximum atomic E-state index is 10.8. The Labute approximate surface area is 110 Å². The first kappa shape index (κ1) is 13.3. The lowest BCUT2D eigenvalue weighted by Crippen LogP contribution is -2.31. The molecule has 0 radical (unpaired) electrons. The molecule has 0 aromatic heterocycles. The van der Waals surface area contributed by atoms with E-state index in [1.807, 2.05) is 4.90 Å². The van der Waals surface area contributed by atoms with Crippen LogP contribution in [0.4, 0.5) is 17.1 Å². The predicted octanol–water partition coefficient (Wildman–Crippen LogP) is 0.677. The number of aliphatic hydroxyl groups is 2. The molecule has 1 aromatic rings. The summed E-state index contributed by atoms with van der Waals surface area (Å²) >= 11 is 0. The standard InChI is InChI=1S/C12H15N3O4/c16-7-5-13-3-4-14(6-8-17)12-9-10(15(18)19)1-2-11(12)13/h1-4,9,16-17H,5-8H2. The predicted molar refractivity (Wildman–Crippen MR) is 71.1 cm³/mol. The number of nitro groups is 1. The second-order valence-electron chi connectivity index (χ2n) is 4.06. The van der Waals surface area contributed by atoms with E-state index in [4.69, 9.17) is 10.2 Å². The lowest BCUT2D eigenvalue weighted by Gasteiger charge is -2.32. The van der Waals surface area contributed by atoms with Gasteiger partial charge in [0, 0.05) is 37.6 Å². The van der Waals surface area contributed by atoms with E-state index in [2.05, 4.69) is 0 Å². The highest BCUT2D eigenvalue weighted by molar-refractivity contribution is 5.78. The number of fused-ring (bicyclic) bond motifs is 1. The molecule has 7 nitrogen and oxygen atoms in total. The fourth-order valence-corrected chi connectivity index (χ4v) is 2.03. The van der Waals surface area contributed by atoms with Gasteiger partial charge in [-0.1, -0.05) is 0 Å². The normalized spacial score (nSPS) is 13.6. The minimum absolute atomic E-state index is 0.000869. The number of aliphatic hydroxyl groups excluding tert-OH is 2. The Morgan fingerprint density at radius 2 is 1.63 bits per heavy atom. The molecule has 1 aliphatic rings. The van der Waals surface area contributed by atoms with Crippen LogP contribution in [0.3, 0.4) is 0 Å². The lowest BCUT2D eigenvalue weighted by molar-refractivity contribution is -0.384. The van der Waals surface area contributed by atoms with Crippen molar-refractivity contribution in [3.8, 4) is 0 Å². The second-order valence-corrected chi connectivity index (χ2v) is 4.06. The van der Waals surface area contributed by atoms with Gasteiger partial charge in [0.2, 0.25) is 0 Å². The van der Waals surface area contributed by atoms with Crippen molar-refractivity contribution in [1.82, 2.24) is 0 Å². The third kappa shape index (κ3) is 2.67. The molecule has 0 bridgehead atoms. The van der Waals surface area contributed by atoms with Crippen LogP contribution in [0, 0.1) is 10.1 Å². The number of rotatable bonds is 5. The van der Waals surface area contributed by atoms with Crippen LogP contribution >= 0.6 is 0 Å². The summed E-state index contributed by atoms with van der Waals surface area (Å²) in [6.07, 6.45) is 3.51. The SMILES string of the molecule is O=[N+]([O-])c1ccc2c(c1)N(CCO)C=CN2CCO. The van der Waals surface area contributed by atoms with E-state index in [0.717, 1.165) is 5.69 Å². The Hall–Kier alpha value is -2.12. The van der Waals surface area contributed by atoms with Crippen molar-refractivity contribution in [2.45, 2.75) is 0 Å². The van der Waals surface area contributed by atoms with Crippen LogP contribution in [0.15, 0.2) is 30.6 Å². The van der Waals surface area contributed by atoms with Crippen molar-refractivity contribution < 1.29 is 15.1 Å². The van der Waals surface area contributed by atoms with Gasteiger partial charge >= 0.3 is 0 Å². The highest BCUT2D eigenvalue weighted by Crippen LogP contribution is 2.36. The molecule has 7 heteroatoms. The summed E-state index contributed by atoms with van der Waals surface area (Å²) in [5.74, 6) is 0. The molecule has 102 valence electrons. The highest BCUT2D eigenvalue weighted by atomic mass is 16.6. The fraction of sp³-hybridized carbons (Fsp3) is 0.333. The van der Waals surface area contributed by atoms with E-state index in [0.29, 0.717) is 18.8 Å². The topological polar surface area (TPSA) is 90.1 Å². The van der Waals surface area contributed by atoms with Crippen molar-refractivity contribution in [2.75, 3.05) is 36.1 Å². The van der Waals surface area contributed by atoms with Gasteiger partial charge in [-0.15, -0.1) is 0 Å². The van der Waals surface area contributed by atoms with Gasteiger partial charge in [0.25, 0.3) is 5.69 Å². The smallest absolute Gasteiger partial charge is 0.271 e. The first-order chi connectivity index (χ1) is 9.17. The summed E-state index contributed by atoms with van der Waals surface area (Å²) in [4.78, 5) is 13.9. The molecule has 0 fully saturated rings. The molecule has 0 atom stereocenters. The zero-order chi connectivity index (χ0) is 13.8. The number of β-amino-alcohol motifs (C(OH)–C–C–N with tert-alkyl or cyclic N) is 2. The summed E-state index contributed by atoms with van der Waals surface area (Å²) in [6, 6.07) is 4.55. The number of hydrogen-bond donors (Lipinski definition) is 2. The minimum atomic E-state index is -0.452. The van der Waals surface area contributed by atoms with Crippen molar-refractivity contribution >= 4 is 17.1 Å². The Kier molecular flexibility index (Phi) is 3.98. The maximum absolute atomic E-state index is 10.8. The zero-order valence-electron chi connectivity index (χ0n) is 10.3. The van der Waals surface area contributed by atoms with Gasteiger partial charge in [0.15, 0.2) is 0 Å². The van der Waals surface area contributed by atoms with Crippen molar-refractivity contribution in [3.63, 3.8) is 0 Å². The lowest BCUT2D eigenvalue weighted by atomic mass is 10.1. The second kappa shape index (κ2) is 5.68. The van der Waals surface area contributed by atoms with Crippen LogP contribution < -0.4 is 9.80 Å². The van der Waals surface area contributed by atoms with Crippen LogP contribution in [0.1, 0.15) is 0 Å². The molecule has 2 rings (SSSR count). The molecule has 2 N–H and O–H groups in total. The van der Waals surface area contributed by atoms with Gasteiger partial charge in [-0.05, 0) is 6.07 Å². The molecular formula is C12H15N3O4. The molecule has 0 amide bonds. The van der Waals surface area contributed by atoms with Gasteiger partial charge in [-0.25, -0.2) is 0 Å². The molecule has 0 unspecified atom stereocenters.